The van der Waals surface area contributed by atoms with Crippen LogP contribution in [0.25, 0.3) is 11.3 Å². The van der Waals surface area contributed by atoms with Crippen molar-refractivity contribution in [2.24, 2.45) is 17.3 Å². The third kappa shape index (κ3) is 4.89. The van der Waals surface area contributed by atoms with Crippen LogP contribution in [0.3, 0.4) is 0 Å². The molecule has 0 bridgehead atoms. The number of hydrogen-bond acceptors (Lipinski definition) is 7. The Morgan fingerprint density at radius 3 is 2.38 bits per heavy atom. The number of pyridine rings is 1. The lowest BCUT2D eigenvalue weighted by molar-refractivity contribution is -0.384. The largest absolute Gasteiger partial charge is 0.469 e. The van der Waals surface area contributed by atoms with E-state index in [1.165, 1.54) is 13.2 Å². The molecule has 37 heavy (non-hydrogen) atoms. The van der Waals surface area contributed by atoms with Crippen molar-refractivity contribution in [2.45, 2.75) is 32.6 Å². The fourth-order valence-electron chi connectivity index (χ4n) is 5.54. The maximum absolute atomic E-state index is 12.8. The molecule has 0 saturated heterocycles. The molecule has 2 fully saturated rings. The highest BCUT2D eigenvalue weighted by Crippen LogP contribution is 2.61. The van der Waals surface area contributed by atoms with E-state index >= 15 is 0 Å². The highest BCUT2D eigenvalue weighted by molar-refractivity contribution is 5.94. The van der Waals surface area contributed by atoms with Gasteiger partial charge in [0, 0.05) is 28.9 Å². The van der Waals surface area contributed by atoms with Gasteiger partial charge in [0.25, 0.3) is 0 Å². The second kappa shape index (κ2) is 9.65. The van der Waals surface area contributed by atoms with Crippen molar-refractivity contribution in [2.75, 3.05) is 17.7 Å². The fourth-order valence-corrected chi connectivity index (χ4v) is 5.54. The average molecular weight is 501 g/mol. The Balaban J connectivity index is 1.24. The van der Waals surface area contributed by atoms with Gasteiger partial charge in [0.1, 0.15) is 0 Å². The first-order valence-corrected chi connectivity index (χ1v) is 12.2. The van der Waals surface area contributed by atoms with E-state index in [0.717, 1.165) is 36.8 Å². The summed E-state index contributed by atoms with van der Waals surface area (Å²) < 4.78 is 4.81. The number of esters is 1. The molecule has 0 radical (unpaired) electrons. The zero-order chi connectivity index (χ0) is 26.2. The molecule has 2 N–H and O–H groups in total. The van der Waals surface area contributed by atoms with Crippen molar-refractivity contribution in [1.29, 1.82) is 0 Å². The molecule has 0 aliphatic heterocycles. The zero-order valence-electron chi connectivity index (χ0n) is 20.7. The van der Waals surface area contributed by atoms with E-state index in [9.17, 15) is 19.7 Å². The molecule has 190 valence electrons. The molecule has 5 rings (SSSR count). The van der Waals surface area contributed by atoms with Gasteiger partial charge < -0.3 is 15.4 Å². The number of carbonyl (C=O) groups is 2. The number of methoxy groups -OCH3 is 1. The van der Waals surface area contributed by atoms with Crippen LogP contribution in [0.2, 0.25) is 0 Å². The van der Waals surface area contributed by atoms with Crippen LogP contribution in [-0.2, 0) is 14.3 Å². The van der Waals surface area contributed by atoms with Crippen LogP contribution in [0.5, 0.6) is 0 Å². The molecule has 2 aromatic carbocycles. The smallest absolute Gasteiger partial charge is 0.311 e. The van der Waals surface area contributed by atoms with Gasteiger partial charge in [0.05, 0.1) is 23.6 Å². The fraction of sp³-hybridized carbons (Fsp3) is 0.321. The Morgan fingerprint density at radius 2 is 1.73 bits per heavy atom. The highest BCUT2D eigenvalue weighted by atomic mass is 16.6. The maximum atomic E-state index is 12.8. The zero-order valence-corrected chi connectivity index (χ0v) is 20.7. The number of aryl methyl sites for hydroxylation is 1. The maximum Gasteiger partial charge on any atom is 0.311 e. The van der Waals surface area contributed by atoms with Gasteiger partial charge in [-0.1, -0.05) is 30.3 Å². The van der Waals surface area contributed by atoms with Crippen molar-refractivity contribution >= 4 is 34.8 Å². The molecular weight excluding hydrogens is 472 g/mol. The number of nitro groups is 1. The van der Waals surface area contributed by atoms with Crippen molar-refractivity contribution in [3.05, 3.63) is 76.3 Å². The number of benzene rings is 2. The molecule has 2 aliphatic carbocycles. The molecular formula is C28H28N4O5. The summed E-state index contributed by atoms with van der Waals surface area (Å²) in [6.07, 6.45) is 3.18. The molecule has 3 aromatic rings. The summed E-state index contributed by atoms with van der Waals surface area (Å²) in [5, 5.41) is 17.7. The molecule has 9 nitrogen and oxygen atoms in total. The van der Waals surface area contributed by atoms with Crippen LogP contribution in [0.15, 0.2) is 60.7 Å². The summed E-state index contributed by atoms with van der Waals surface area (Å²) in [6, 6.07) is 17.9. The van der Waals surface area contributed by atoms with Crippen molar-refractivity contribution in [3.63, 3.8) is 0 Å². The SMILES string of the molecule is COC(=O)C1CC2(CC(C(=O)Nc3ccc(Nc4nc(-c5ccccc5)ccc4[N+](=O)[O-])c(C)c3)C2)C1. The lowest BCUT2D eigenvalue weighted by atomic mass is 9.48. The summed E-state index contributed by atoms with van der Waals surface area (Å²) in [5.41, 5.74) is 3.60. The van der Waals surface area contributed by atoms with E-state index in [0.29, 0.717) is 17.1 Å². The molecule has 0 unspecified atom stereocenters. The summed E-state index contributed by atoms with van der Waals surface area (Å²) >= 11 is 0. The number of amides is 1. The van der Waals surface area contributed by atoms with Gasteiger partial charge in [-0.05, 0) is 67.9 Å². The number of hydrogen-bond donors (Lipinski definition) is 2. The van der Waals surface area contributed by atoms with E-state index < -0.39 is 4.92 Å². The number of carbonyl (C=O) groups excluding carboxylic acids is 2. The number of nitrogens with one attached hydrogen (secondary N) is 2. The normalized spacial score (nSPS) is 21.9. The first kappa shape index (κ1) is 24.4. The minimum Gasteiger partial charge on any atom is -0.469 e. The van der Waals surface area contributed by atoms with Crippen LogP contribution < -0.4 is 10.6 Å². The van der Waals surface area contributed by atoms with Gasteiger partial charge in [0.2, 0.25) is 11.7 Å². The Kier molecular flexibility index (Phi) is 6.37. The third-order valence-corrected chi connectivity index (χ3v) is 7.51. The van der Waals surface area contributed by atoms with Gasteiger partial charge in [-0.15, -0.1) is 0 Å². The number of ether oxygens (including phenoxy) is 1. The van der Waals surface area contributed by atoms with Crippen LogP contribution in [-0.4, -0.2) is 28.9 Å². The third-order valence-electron chi connectivity index (χ3n) is 7.51. The van der Waals surface area contributed by atoms with Gasteiger partial charge >= 0.3 is 11.7 Å². The standard InChI is InChI=1S/C28H28N4O5/c1-17-12-21(29-26(33)19-13-28(14-19)15-20(16-28)27(34)37-2)8-9-22(17)30-25-24(32(35)36)11-10-23(31-25)18-6-4-3-5-7-18/h3-12,19-20H,13-16H2,1-2H3,(H,29,33)(H,30,31). The second-order valence-electron chi connectivity index (χ2n) is 10.1. The predicted octanol–water partition coefficient (Wildman–Crippen LogP) is 5.63. The average Bonchev–Trinajstić information content (AvgIpc) is 2.84. The van der Waals surface area contributed by atoms with Crippen molar-refractivity contribution in [1.82, 2.24) is 4.98 Å². The summed E-state index contributed by atoms with van der Waals surface area (Å²) in [6.45, 7) is 1.87. The van der Waals surface area contributed by atoms with Crippen LogP contribution >= 0.6 is 0 Å². The highest BCUT2D eigenvalue weighted by Gasteiger charge is 2.56. The first-order chi connectivity index (χ1) is 17.8. The molecule has 2 saturated carbocycles. The van der Waals surface area contributed by atoms with Crippen LogP contribution in [0.4, 0.5) is 22.9 Å². The number of rotatable bonds is 7. The Hall–Kier alpha value is -4.27. The predicted molar refractivity (Wildman–Crippen MR) is 139 cm³/mol. The molecule has 0 atom stereocenters. The van der Waals surface area contributed by atoms with E-state index in [1.807, 2.05) is 43.3 Å². The monoisotopic (exact) mass is 500 g/mol. The molecule has 2 aliphatic rings. The van der Waals surface area contributed by atoms with Crippen molar-refractivity contribution in [3.8, 4) is 11.3 Å². The van der Waals surface area contributed by atoms with Crippen LogP contribution in [0.1, 0.15) is 31.2 Å². The van der Waals surface area contributed by atoms with Crippen molar-refractivity contribution < 1.29 is 19.2 Å². The van der Waals surface area contributed by atoms with Gasteiger partial charge in [-0.3, -0.25) is 19.7 Å². The number of aromatic nitrogens is 1. The summed E-state index contributed by atoms with van der Waals surface area (Å²) in [7, 11) is 1.41. The van der Waals surface area contributed by atoms with E-state index in [-0.39, 0.29) is 40.6 Å². The summed E-state index contributed by atoms with van der Waals surface area (Å²) in [5.74, 6) is -0.133. The van der Waals surface area contributed by atoms with Gasteiger partial charge in [-0.25, -0.2) is 4.98 Å². The Labute approximate surface area is 214 Å². The lowest BCUT2D eigenvalue weighted by Crippen LogP contribution is -2.52. The minimum absolute atomic E-state index is 0.0277. The molecule has 1 aromatic heterocycles. The van der Waals surface area contributed by atoms with E-state index in [1.54, 1.807) is 18.2 Å². The van der Waals surface area contributed by atoms with Gasteiger partial charge in [0.15, 0.2) is 0 Å². The molecule has 1 spiro atoms. The van der Waals surface area contributed by atoms with Gasteiger partial charge in [-0.2, -0.15) is 0 Å². The number of nitrogens with zero attached hydrogens (tertiary/aromatic N) is 2. The first-order valence-electron chi connectivity index (χ1n) is 12.2. The summed E-state index contributed by atoms with van der Waals surface area (Å²) in [4.78, 5) is 40.1. The topological polar surface area (TPSA) is 123 Å². The minimum atomic E-state index is -0.463. The molecule has 1 amide bonds. The van der Waals surface area contributed by atoms with E-state index in [2.05, 4.69) is 15.6 Å². The Morgan fingerprint density at radius 1 is 1.03 bits per heavy atom. The quantitative estimate of drug-likeness (QED) is 0.245. The molecule has 9 heteroatoms. The molecule has 1 heterocycles. The second-order valence-corrected chi connectivity index (χ2v) is 10.1. The van der Waals surface area contributed by atoms with E-state index in [4.69, 9.17) is 4.74 Å². The lowest BCUT2D eigenvalue weighted by Gasteiger charge is -2.56. The number of anilines is 3. The van der Waals surface area contributed by atoms with Crippen LogP contribution in [0, 0.1) is 34.3 Å². The Bertz CT molecular complexity index is 1360.